The number of phenolic OH excluding ortho intramolecular Hbond substituents is 1. The van der Waals surface area contributed by atoms with Gasteiger partial charge in [-0.25, -0.2) is 0 Å². The van der Waals surface area contributed by atoms with E-state index in [0.29, 0.717) is 27.2 Å². The quantitative estimate of drug-likeness (QED) is 0.156. The van der Waals surface area contributed by atoms with Crippen molar-refractivity contribution in [3.05, 3.63) is 81.8 Å². The number of nitrogens with one attached hydrogen (secondary N) is 1. The van der Waals surface area contributed by atoms with Crippen LogP contribution in [-0.4, -0.2) is 31.1 Å². The van der Waals surface area contributed by atoms with Crippen molar-refractivity contribution in [2.75, 3.05) is 12.4 Å². The lowest BCUT2D eigenvalue weighted by molar-refractivity contribution is 0.102. The zero-order valence-electron chi connectivity index (χ0n) is 20.1. The maximum absolute atomic E-state index is 13.1. The third kappa shape index (κ3) is 5.58. The molecule has 0 aliphatic heterocycles. The molecule has 196 valence electrons. The molecule has 0 aliphatic rings. The van der Waals surface area contributed by atoms with E-state index in [9.17, 15) is 22.9 Å². The summed E-state index contributed by atoms with van der Waals surface area (Å²) >= 11 is 12.2. The molecule has 3 N–H and O–H groups in total. The molecule has 0 saturated carbocycles. The number of hydrogen-bond acceptors (Lipinski definition) is 7. The van der Waals surface area contributed by atoms with E-state index < -0.39 is 26.7 Å². The van der Waals surface area contributed by atoms with Gasteiger partial charge in [-0.3, -0.25) is 9.35 Å². The number of rotatable bonds is 7. The number of methoxy groups -OCH3 is 1. The number of benzene rings is 4. The van der Waals surface area contributed by atoms with Crippen molar-refractivity contribution in [3.8, 4) is 11.5 Å². The van der Waals surface area contributed by atoms with Gasteiger partial charge in [-0.05, 0) is 47.7 Å². The van der Waals surface area contributed by atoms with Crippen LogP contribution in [-0.2, 0) is 16.5 Å². The van der Waals surface area contributed by atoms with Gasteiger partial charge >= 0.3 is 0 Å². The molecule has 4 aromatic rings. The maximum atomic E-state index is 13.1. The lowest BCUT2D eigenvalue weighted by Gasteiger charge is -2.12. The molecule has 0 atom stereocenters. The van der Waals surface area contributed by atoms with E-state index in [-0.39, 0.29) is 33.9 Å². The average molecular weight is 574 g/mol. The smallest absolute Gasteiger partial charge is 0.296 e. The Morgan fingerprint density at radius 2 is 1.76 bits per heavy atom. The third-order valence-electron chi connectivity index (χ3n) is 5.66. The molecule has 0 heterocycles. The van der Waals surface area contributed by atoms with Gasteiger partial charge in [0, 0.05) is 17.1 Å². The van der Waals surface area contributed by atoms with Gasteiger partial charge < -0.3 is 15.2 Å². The van der Waals surface area contributed by atoms with Crippen LogP contribution in [0.25, 0.3) is 10.8 Å². The van der Waals surface area contributed by atoms with Crippen molar-refractivity contribution in [2.45, 2.75) is 18.2 Å². The van der Waals surface area contributed by atoms with E-state index in [0.717, 1.165) is 0 Å². The predicted molar refractivity (Wildman–Crippen MR) is 146 cm³/mol. The van der Waals surface area contributed by atoms with Crippen molar-refractivity contribution in [1.29, 1.82) is 0 Å². The van der Waals surface area contributed by atoms with Gasteiger partial charge in [-0.1, -0.05) is 54.4 Å². The molecule has 0 fully saturated rings. The Morgan fingerprint density at radius 1 is 1.03 bits per heavy atom. The fraction of sp³-hybridized carbons (Fsp3) is 0.115. The molecule has 0 unspecified atom stereocenters. The molecule has 0 bridgehead atoms. The standard InChI is InChI=1S/C26H21Cl2N3O6S/c1-3-14-10-17(12-21(28)25(14)38(34,35)36)30-31-23-18-7-5-4-6-15(18)11-19(24(23)32)26(33)29-16-8-9-20(27)22(13-16)37-2/h4-13,32H,3H2,1-2H3,(H,29,33)(H,34,35,36). The second-order valence-electron chi connectivity index (χ2n) is 8.09. The van der Waals surface area contributed by atoms with Crippen LogP contribution in [0, 0.1) is 0 Å². The molecule has 4 aromatic carbocycles. The molecule has 1 amide bonds. The number of anilines is 1. The number of aromatic hydroxyl groups is 1. The van der Waals surface area contributed by atoms with Crippen molar-refractivity contribution in [2.24, 2.45) is 10.2 Å². The highest BCUT2D eigenvalue weighted by atomic mass is 35.5. The number of hydrogen-bond donors (Lipinski definition) is 3. The molecule has 0 radical (unpaired) electrons. The first-order valence-corrected chi connectivity index (χ1v) is 13.3. The Balaban J connectivity index is 1.78. The maximum Gasteiger partial charge on any atom is 0.296 e. The first-order chi connectivity index (χ1) is 18.0. The summed E-state index contributed by atoms with van der Waals surface area (Å²) in [5, 5.41) is 23.4. The van der Waals surface area contributed by atoms with Crippen LogP contribution in [0.4, 0.5) is 17.1 Å². The van der Waals surface area contributed by atoms with E-state index in [1.165, 1.54) is 25.3 Å². The minimum atomic E-state index is -4.55. The van der Waals surface area contributed by atoms with Gasteiger partial charge in [0.1, 0.15) is 16.3 Å². The summed E-state index contributed by atoms with van der Waals surface area (Å²) in [7, 11) is -3.10. The Labute approximate surface area is 228 Å². The van der Waals surface area contributed by atoms with E-state index in [4.69, 9.17) is 27.9 Å². The second-order valence-corrected chi connectivity index (χ2v) is 10.3. The lowest BCUT2D eigenvalue weighted by Crippen LogP contribution is -2.12. The van der Waals surface area contributed by atoms with Crippen LogP contribution in [0.5, 0.6) is 11.5 Å². The average Bonchev–Trinajstić information content (AvgIpc) is 2.87. The van der Waals surface area contributed by atoms with Crippen LogP contribution in [0.3, 0.4) is 0 Å². The molecule has 12 heteroatoms. The molecule has 0 saturated heterocycles. The van der Waals surface area contributed by atoms with Gasteiger partial charge in [0.2, 0.25) is 0 Å². The number of carbonyl (C=O) groups excluding carboxylic acids is 1. The number of nitrogens with zero attached hydrogens (tertiary/aromatic N) is 2. The molecule has 38 heavy (non-hydrogen) atoms. The molecule has 0 aromatic heterocycles. The van der Waals surface area contributed by atoms with E-state index in [2.05, 4.69) is 15.5 Å². The summed E-state index contributed by atoms with van der Waals surface area (Å²) < 4.78 is 38.2. The zero-order valence-corrected chi connectivity index (χ0v) is 22.4. The Hall–Kier alpha value is -3.70. The summed E-state index contributed by atoms with van der Waals surface area (Å²) in [6, 6.07) is 15.9. The largest absolute Gasteiger partial charge is 0.505 e. The Kier molecular flexibility index (Phi) is 7.89. The summed E-state index contributed by atoms with van der Waals surface area (Å²) in [6.45, 7) is 1.69. The number of aryl methyl sites for hydroxylation is 1. The highest BCUT2D eigenvalue weighted by molar-refractivity contribution is 7.86. The van der Waals surface area contributed by atoms with Crippen LogP contribution < -0.4 is 10.1 Å². The molecule has 0 aliphatic carbocycles. The zero-order chi connectivity index (χ0) is 27.6. The number of carbonyl (C=O) groups is 1. The normalized spacial score (nSPS) is 11.7. The van der Waals surface area contributed by atoms with Crippen molar-refractivity contribution in [1.82, 2.24) is 0 Å². The van der Waals surface area contributed by atoms with Crippen LogP contribution in [0.1, 0.15) is 22.8 Å². The number of halogens is 2. The van der Waals surface area contributed by atoms with E-state index >= 15 is 0 Å². The van der Waals surface area contributed by atoms with Gasteiger partial charge in [0.05, 0.1) is 28.4 Å². The van der Waals surface area contributed by atoms with Crippen LogP contribution in [0.15, 0.2) is 75.8 Å². The van der Waals surface area contributed by atoms with E-state index in [1.807, 2.05) is 0 Å². The summed E-state index contributed by atoms with van der Waals surface area (Å²) in [6.07, 6.45) is 0.248. The number of fused-ring (bicyclic) bond motifs is 1. The van der Waals surface area contributed by atoms with Gasteiger partial charge in [-0.15, -0.1) is 5.11 Å². The number of phenols is 1. The minimum Gasteiger partial charge on any atom is -0.505 e. The molecule has 0 spiro atoms. The summed E-state index contributed by atoms with van der Waals surface area (Å²) in [4.78, 5) is 12.7. The fourth-order valence-corrected chi connectivity index (χ4v) is 5.44. The Bertz CT molecular complexity index is 1710. The minimum absolute atomic E-state index is 0.0231. The SMILES string of the molecule is CCc1cc(N=Nc2c(O)c(C(=O)Nc3ccc(Cl)c(OC)c3)cc3ccccc23)cc(Cl)c1S(=O)(=O)O. The monoisotopic (exact) mass is 573 g/mol. The second kappa shape index (κ2) is 11.0. The van der Waals surface area contributed by atoms with Gasteiger partial charge in [0.15, 0.2) is 5.75 Å². The summed E-state index contributed by atoms with van der Waals surface area (Å²) in [5.74, 6) is -0.656. The van der Waals surface area contributed by atoms with Gasteiger partial charge in [-0.2, -0.15) is 13.5 Å². The van der Waals surface area contributed by atoms with Crippen LogP contribution >= 0.6 is 23.2 Å². The molecule has 4 rings (SSSR count). The molecular formula is C26H21Cl2N3O6S. The van der Waals surface area contributed by atoms with Crippen molar-refractivity contribution >= 4 is 67.1 Å². The molecule has 9 nitrogen and oxygen atoms in total. The highest BCUT2D eigenvalue weighted by Gasteiger charge is 2.21. The topological polar surface area (TPSA) is 138 Å². The Morgan fingerprint density at radius 3 is 2.45 bits per heavy atom. The molecular weight excluding hydrogens is 553 g/mol. The van der Waals surface area contributed by atoms with Crippen molar-refractivity contribution in [3.63, 3.8) is 0 Å². The van der Waals surface area contributed by atoms with Gasteiger partial charge in [0.25, 0.3) is 16.0 Å². The number of azo groups is 1. The summed E-state index contributed by atoms with van der Waals surface area (Å²) in [5.41, 5.74) is 0.795. The number of ether oxygens (including phenoxy) is 1. The first kappa shape index (κ1) is 27.3. The third-order valence-corrected chi connectivity index (χ3v) is 7.38. The fourth-order valence-electron chi connectivity index (χ4n) is 3.88. The lowest BCUT2D eigenvalue weighted by atomic mass is 10.0. The van der Waals surface area contributed by atoms with E-state index in [1.54, 1.807) is 49.4 Å². The predicted octanol–water partition coefficient (Wildman–Crippen LogP) is 7.34. The first-order valence-electron chi connectivity index (χ1n) is 11.1. The number of amides is 1. The van der Waals surface area contributed by atoms with Crippen molar-refractivity contribution < 1.29 is 27.6 Å². The van der Waals surface area contributed by atoms with Crippen LogP contribution in [0.2, 0.25) is 10.0 Å². The highest BCUT2D eigenvalue weighted by Crippen LogP contribution is 2.40.